The van der Waals surface area contributed by atoms with Gasteiger partial charge in [-0.1, -0.05) is 0 Å². The van der Waals surface area contributed by atoms with Crippen molar-refractivity contribution < 1.29 is 4.74 Å². The summed E-state index contributed by atoms with van der Waals surface area (Å²) in [5.41, 5.74) is 2.18. The zero-order chi connectivity index (χ0) is 14.8. The molecule has 1 aromatic carbocycles. The third-order valence-electron chi connectivity index (χ3n) is 3.71. The van der Waals surface area contributed by atoms with Gasteiger partial charge in [0.1, 0.15) is 5.75 Å². The van der Waals surface area contributed by atoms with Crippen molar-refractivity contribution in [2.45, 2.75) is 37.2 Å². The van der Waals surface area contributed by atoms with Gasteiger partial charge in [0.2, 0.25) is 5.88 Å². The molecule has 0 aliphatic heterocycles. The molecule has 3 rings (SSSR count). The van der Waals surface area contributed by atoms with Gasteiger partial charge in [-0.2, -0.15) is 5.10 Å². The van der Waals surface area contributed by atoms with Crippen molar-refractivity contribution in [3.63, 3.8) is 0 Å². The average Bonchev–Trinajstić information content (AvgIpc) is 3.27. The minimum absolute atomic E-state index is 0.679. The van der Waals surface area contributed by atoms with Crippen molar-refractivity contribution in [1.82, 2.24) is 15.1 Å². The maximum Gasteiger partial charge on any atom is 0.222 e. The number of hydrogen-bond donors (Lipinski definition) is 1. The summed E-state index contributed by atoms with van der Waals surface area (Å²) in [5, 5.41) is 8.02. The molecule has 0 bridgehead atoms. The van der Waals surface area contributed by atoms with E-state index >= 15 is 0 Å². The van der Waals surface area contributed by atoms with Crippen LogP contribution >= 0.6 is 11.8 Å². The first kappa shape index (κ1) is 14.5. The van der Waals surface area contributed by atoms with Crippen LogP contribution in [0.4, 0.5) is 0 Å². The highest BCUT2D eigenvalue weighted by molar-refractivity contribution is 7.98. The molecule has 1 aromatic heterocycles. The van der Waals surface area contributed by atoms with Crippen LogP contribution in [0.2, 0.25) is 0 Å². The molecule has 112 valence electrons. The van der Waals surface area contributed by atoms with E-state index in [-0.39, 0.29) is 0 Å². The van der Waals surface area contributed by atoms with E-state index in [2.05, 4.69) is 28.8 Å². The van der Waals surface area contributed by atoms with Crippen LogP contribution < -0.4 is 10.1 Å². The fourth-order valence-corrected chi connectivity index (χ4v) is 2.71. The van der Waals surface area contributed by atoms with Crippen molar-refractivity contribution in [2.24, 2.45) is 7.05 Å². The van der Waals surface area contributed by atoms with Gasteiger partial charge >= 0.3 is 0 Å². The molecule has 21 heavy (non-hydrogen) atoms. The monoisotopic (exact) mass is 303 g/mol. The number of aryl methyl sites for hydroxylation is 2. The molecule has 0 spiro atoms. The molecule has 2 aromatic rings. The summed E-state index contributed by atoms with van der Waals surface area (Å²) < 4.78 is 7.89. The van der Waals surface area contributed by atoms with Crippen LogP contribution in [-0.2, 0) is 13.6 Å². The highest BCUT2D eigenvalue weighted by Crippen LogP contribution is 2.29. The molecule has 1 heterocycles. The molecular weight excluding hydrogens is 282 g/mol. The fraction of sp³-hybridized carbons (Fsp3) is 0.438. The summed E-state index contributed by atoms with van der Waals surface area (Å²) in [7, 11) is 1.93. The van der Waals surface area contributed by atoms with E-state index in [1.807, 2.05) is 30.8 Å². The molecule has 1 aliphatic carbocycles. The number of nitrogens with one attached hydrogen (secondary N) is 1. The predicted molar refractivity (Wildman–Crippen MR) is 86.1 cm³/mol. The first-order valence-electron chi connectivity index (χ1n) is 7.25. The molecule has 1 N–H and O–H groups in total. The Bertz CT molecular complexity index is 617. The van der Waals surface area contributed by atoms with Crippen LogP contribution in [0, 0.1) is 6.92 Å². The normalized spacial score (nSPS) is 14.4. The van der Waals surface area contributed by atoms with E-state index in [1.165, 1.54) is 17.7 Å². The quantitative estimate of drug-likeness (QED) is 0.829. The van der Waals surface area contributed by atoms with Gasteiger partial charge in [-0.3, -0.25) is 0 Å². The number of benzene rings is 1. The topological polar surface area (TPSA) is 39.1 Å². The molecule has 0 amide bonds. The van der Waals surface area contributed by atoms with Crippen LogP contribution in [0.15, 0.2) is 29.2 Å². The zero-order valence-corrected chi connectivity index (χ0v) is 13.5. The number of ether oxygens (including phenoxy) is 1. The highest BCUT2D eigenvalue weighted by atomic mass is 32.2. The number of rotatable bonds is 6. The Morgan fingerprint density at radius 2 is 2.05 bits per heavy atom. The third-order valence-corrected chi connectivity index (χ3v) is 4.45. The highest BCUT2D eigenvalue weighted by Gasteiger charge is 2.23. The van der Waals surface area contributed by atoms with Crippen LogP contribution in [0.5, 0.6) is 11.6 Å². The minimum Gasteiger partial charge on any atom is -0.439 e. The number of nitrogens with zero attached hydrogens (tertiary/aromatic N) is 2. The molecule has 1 aliphatic rings. The summed E-state index contributed by atoms with van der Waals surface area (Å²) >= 11 is 1.73. The zero-order valence-electron chi connectivity index (χ0n) is 12.7. The Morgan fingerprint density at radius 1 is 1.33 bits per heavy atom. The van der Waals surface area contributed by atoms with E-state index in [0.29, 0.717) is 6.04 Å². The van der Waals surface area contributed by atoms with E-state index < -0.39 is 0 Å². The van der Waals surface area contributed by atoms with Crippen molar-refractivity contribution in [3.05, 3.63) is 35.5 Å². The van der Waals surface area contributed by atoms with Gasteiger partial charge in [-0.05, 0) is 50.3 Å². The molecule has 1 fully saturated rings. The molecule has 1 saturated carbocycles. The first-order chi connectivity index (χ1) is 10.2. The van der Waals surface area contributed by atoms with E-state index in [4.69, 9.17) is 4.74 Å². The minimum atomic E-state index is 0.679. The summed E-state index contributed by atoms with van der Waals surface area (Å²) in [6.45, 7) is 2.86. The van der Waals surface area contributed by atoms with Crippen LogP contribution in [0.25, 0.3) is 0 Å². The van der Waals surface area contributed by atoms with Crippen LogP contribution in [0.3, 0.4) is 0 Å². The summed E-state index contributed by atoms with van der Waals surface area (Å²) in [4.78, 5) is 1.24. The number of thioether (sulfide) groups is 1. The third kappa shape index (κ3) is 3.41. The Labute approximate surface area is 129 Å². The van der Waals surface area contributed by atoms with Gasteiger partial charge in [0.15, 0.2) is 0 Å². The van der Waals surface area contributed by atoms with E-state index in [1.54, 1.807) is 11.8 Å². The predicted octanol–water partition coefficient (Wildman–Crippen LogP) is 3.49. The molecule has 4 nitrogen and oxygen atoms in total. The van der Waals surface area contributed by atoms with Crippen LogP contribution in [0.1, 0.15) is 24.1 Å². The standard InChI is InChI=1S/C16H21N3OS/c1-11-15(10-17-12-4-5-12)16(19(2)18-11)20-13-6-8-14(21-3)9-7-13/h6-9,12,17H,4-5,10H2,1-3H3. The lowest BCUT2D eigenvalue weighted by Crippen LogP contribution is -2.16. The fourth-order valence-electron chi connectivity index (χ4n) is 2.30. The van der Waals surface area contributed by atoms with Crippen molar-refractivity contribution in [2.75, 3.05) is 6.26 Å². The van der Waals surface area contributed by atoms with E-state index in [9.17, 15) is 0 Å². The second-order valence-electron chi connectivity index (χ2n) is 5.43. The van der Waals surface area contributed by atoms with Gasteiger partial charge in [0, 0.05) is 24.5 Å². The van der Waals surface area contributed by atoms with Gasteiger partial charge in [-0.25, -0.2) is 4.68 Å². The summed E-state index contributed by atoms with van der Waals surface area (Å²) in [6.07, 6.45) is 4.64. The Kier molecular flexibility index (Phi) is 4.22. The van der Waals surface area contributed by atoms with Gasteiger partial charge < -0.3 is 10.1 Å². The van der Waals surface area contributed by atoms with Crippen LogP contribution in [-0.4, -0.2) is 22.1 Å². The lowest BCUT2D eigenvalue weighted by molar-refractivity contribution is 0.423. The SMILES string of the molecule is CSc1ccc(Oc2c(CNC3CC3)c(C)nn2C)cc1. The Balaban J connectivity index is 1.78. The number of aromatic nitrogens is 2. The van der Waals surface area contributed by atoms with Crippen molar-refractivity contribution in [1.29, 1.82) is 0 Å². The lowest BCUT2D eigenvalue weighted by Gasteiger charge is -2.10. The lowest BCUT2D eigenvalue weighted by atomic mass is 10.2. The number of hydrogen-bond acceptors (Lipinski definition) is 4. The molecule has 0 radical (unpaired) electrons. The largest absolute Gasteiger partial charge is 0.439 e. The van der Waals surface area contributed by atoms with Gasteiger partial charge in [0.05, 0.1) is 11.3 Å². The van der Waals surface area contributed by atoms with Crippen molar-refractivity contribution >= 4 is 11.8 Å². The first-order valence-corrected chi connectivity index (χ1v) is 8.47. The molecule has 5 heteroatoms. The van der Waals surface area contributed by atoms with Gasteiger partial charge in [0.25, 0.3) is 0 Å². The smallest absolute Gasteiger partial charge is 0.222 e. The second kappa shape index (κ2) is 6.12. The van der Waals surface area contributed by atoms with Gasteiger partial charge in [-0.15, -0.1) is 11.8 Å². The Morgan fingerprint density at radius 3 is 2.67 bits per heavy atom. The maximum absolute atomic E-state index is 6.06. The van der Waals surface area contributed by atoms with Crippen molar-refractivity contribution in [3.8, 4) is 11.6 Å². The second-order valence-corrected chi connectivity index (χ2v) is 6.31. The average molecular weight is 303 g/mol. The molecule has 0 saturated heterocycles. The molecule has 0 atom stereocenters. The molecule has 0 unspecified atom stereocenters. The van der Waals surface area contributed by atoms with E-state index in [0.717, 1.165) is 29.4 Å². The molecular formula is C16H21N3OS. The maximum atomic E-state index is 6.06. The Hall–Kier alpha value is -1.46. The summed E-state index contributed by atoms with van der Waals surface area (Å²) in [6, 6.07) is 8.84. The summed E-state index contributed by atoms with van der Waals surface area (Å²) in [5.74, 6) is 1.68.